The normalized spacial score (nSPS) is 18.3. The molecule has 0 aliphatic carbocycles. The number of carbonyl (C=O) groups excluding carboxylic acids is 2. The Bertz CT molecular complexity index is 1430. The number of hydrogen-bond donors (Lipinski definition) is 3. The van der Waals surface area contributed by atoms with Gasteiger partial charge in [0.15, 0.2) is 5.60 Å². The van der Waals surface area contributed by atoms with Crippen LogP contribution in [0.15, 0.2) is 29.1 Å². The highest BCUT2D eigenvalue weighted by molar-refractivity contribution is 5.95. The number of cyclic esters (lactones) is 1. The fraction of sp³-hybridized carbons (Fsp3) is 0.333. The molecule has 1 aromatic carbocycles. The summed E-state index contributed by atoms with van der Waals surface area (Å²) in [6.07, 6.45) is 0.629. The minimum Gasteiger partial charge on any atom is -0.458 e. The zero-order chi connectivity index (χ0) is 24.2. The van der Waals surface area contributed by atoms with Crippen molar-refractivity contribution in [1.29, 1.82) is 0 Å². The number of aromatic nitrogens is 2. The lowest BCUT2D eigenvalue weighted by Gasteiger charge is -2.31. The molecule has 3 aromatic rings. The van der Waals surface area contributed by atoms with Crippen LogP contribution < -0.4 is 17.0 Å². The number of hydrogen-bond acceptors (Lipinski definition) is 9. The van der Waals surface area contributed by atoms with Crippen LogP contribution in [0.2, 0.25) is 0 Å². The molecule has 2 aromatic heterocycles. The summed E-state index contributed by atoms with van der Waals surface area (Å²) in [7, 11) is 0. The lowest BCUT2D eigenvalue weighted by molar-refractivity contribution is -0.172. The summed E-state index contributed by atoms with van der Waals surface area (Å²) in [5, 5.41) is 11.7. The topological polar surface area (TPSA) is 160 Å². The number of nitrogen functional groups attached to an aromatic ring is 1. The summed E-state index contributed by atoms with van der Waals surface area (Å²) in [4.78, 5) is 42.0. The zero-order valence-electron chi connectivity index (χ0n) is 18.6. The second kappa shape index (κ2) is 7.93. The minimum absolute atomic E-state index is 0.0812. The Labute approximate surface area is 194 Å². The molecule has 34 heavy (non-hydrogen) atoms. The smallest absolute Gasteiger partial charge is 0.343 e. The molecule has 5 rings (SSSR count). The molecule has 5 N–H and O–H groups in total. The van der Waals surface area contributed by atoms with E-state index >= 15 is 0 Å². The molecule has 4 heterocycles. The Morgan fingerprint density at radius 1 is 1.32 bits per heavy atom. The zero-order valence-corrected chi connectivity index (χ0v) is 18.6. The predicted molar refractivity (Wildman–Crippen MR) is 122 cm³/mol. The van der Waals surface area contributed by atoms with Crippen molar-refractivity contribution in [2.45, 2.75) is 44.9 Å². The third-order valence-corrected chi connectivity index (χ3v) is 6.67. The average molecular weight is 464 g/mol. The molecule has 1 atom stereocenters. The van der Waals surface area contributed by atoms with Crippen molar-refractivity contribution in [1.82, 2.24) is 9.55 Å². The van der Waals surface area contributed by atoms with E-state index < -0.39 is 17.5 Å². The Kier molecular flexibility index (Phi) is 5.14. The highest BCUT2D eigenvalue weighted by Crippen LogP contribution is 2.39. The van der Waals surface area contributed by atoms with Gasteiger partial charge in [-0.25, -0.2) is 9.78 Å². The second-order valence-corrected chi connectivity index (χ2v) is 8.49. The maximum Gasteiger partial charge on any atom is 0.343 e. The van der Waals surface area contributed by atoms with E-state index in [9.17, 15) is 19.5 Å². The Balaban J connectivity index is 1.59. The summed E-state index contributed by atoms with van der Waals surface area (Å²) in [5.41, 5.74) is 13.9. The van der Waals surface area contributed by atoms with Crippen molar-refractivity contribution in [2.24, 2.45) is 5.73 Å². The van der Waals surface area contributed by atoms with E-state index in [0.29, 0.717) is 29.0 Å². The summed E-state index contributed by atoms with van der Waals surface area (Å²) in [6, 6.07) is 7.20. The Hall–Kier alpha value is -3.76. The number of anilines is 1. The van der Waals surface area contributed by atoms with Crippen LogP contribution in [0.1, 0.15) is 42.0 Å². The van der Waals surface area contributed by atoms with Crippen LogP contribution in [0.5, 0.6) is 0 Å². The average Bonchev–Trinajstić information content (AvgIpc) is 3.18. The number of aryl methyl sites for hydroxylation is 1. The van der Waals surface area contributed by atoms with Crippen LogP contribution >= 0.6 is 0 Å². The third-order valence-electron chi connectivity index (χ3n) is 6.67. The summed E-state index contributed by atoms with van der Waals surface area (Å²) in [5.74, 6) is -1.16. The second-order valence-electron chi connectivity index (χ2n) is 8.49. The highest BCUT2D eigenvalue weighted by Gasteiger charge is 2.45. The lowest BCUT2D eigenvalue weighted by Crippen LogP contribution is -2.44. The third kappa shape index (κ3) is 3.17. The number of ether oxygens (including phenoxy) is 2. The summed E-state index contributed by atoms with van der Waals surface area (Å²) in [6.45, 7) is 1.60. The number of pyridine rings is 2. The number of carbonyl (C=O) groups is 2. The summed E-state index contributed by atoms with van der Waals surface area (Å²) < 4.78 is 11.5. The molecule has 0 unspecified atom stereocenters. The van der Waals surface area contributed by atoms with E-state index in [4.69, 9.17) is 25.9 Å². The van der Waals surface area contributed by atoms with Gasteiger partial charge >= 0.3 is 11.9 Å². The number of nitrogens with zero attached hydrogens (tertiary/aromatic N) is 2. The Morgan fingerprint density at radius 2 is 2.12 bits per heavy atom. The summed E-state index contributed by atoms with van der Waals surface area (Å²) >= 11 is 0. The van der Waals surface area contributed by atoms with E-state index in [2.05, 4.69) is 0 Å². The monoisotopic (exact) mass is 464 g/mol. The van der Waals surface area contributed by atoms with E-state index in [1.807, 2.05) is 18.2 Å². The van der Waals surface area contributed by atoms with Gasteiger partial charge in [0.05, 0.1) is 29.0 Å². The first-order valence-corrected chi connectivity index (χ1v) is 11.0. The van der Waals surface area contributed by atoms with E-state index in [1.54, 1.807) is 17.6 Å². The molecule has 176 valence electrons. The van der Waals surface area contributed by atoms with Crippen LogP contribution in [-0.4, -0.2) is 33.3 Å². The molecule has 0 amide bonds. The SMILES string of the molecule is CC[C@@]1(O)C(=O)OCc2c1cc1n(c2=O)Cc2cc3c(N)c(CCC(=O)OCN)ccc3nc2-1. The van der Waals surface area contributed by atoms with Gasteiger partial charge in [0.1, 0.15) is 13.3 Å². The number of aliphatic hydroxyl groups is 1. The van der Waals surface area contributed by atoms with Crippen molar-refractivity contribution < 1.29 is 24.2 Å². The molecule has 0 bridgehead atoms. The van der Waals surface area contributed by atoms with Crippen LogP contribution in [0, 0.1) is 0 Å². The molecule has 0 fully saturated rings. The number of rotatable bonds is 5. The van der Waals surface area contributed by atoms with Crippen LogP contribution in [-0.2, 0) is 44.2 Å². The molecule has 2 aliphatic heterocycles. The maximum absolute atomic E-state index is 13.3. The molecule has 0 radical (unpaired) electrons. The first kappa shape index (κ1) is 22.1. The van der Waals surface area contributed by atoms with Crippen LogP contribution in [0.4, 0.5) is 5.69 Å². The van der Waals surface area contributed by atoms with Crippen molar-refractivity contribution in [3.63, 3.8) is 0 Å². The number of esters is 2. The van der Waals surface area contributed by atoms with Gasteiger partial charge in [-0.05, 0) is 36.6 Å². The van der Waals surface area contributed by atoms with Crippen molar-refractivity contribution in [2.75, 3.05) is 12.5 Å². The van der Waals surface area contributed by atoms with Gasteiger partial charge in [0, 0.05) is 28.6 Å². The Morgan fingerprint density at radius 3 is 2.85 bits per heavy atom. The fourth-order valence-corrected chi connectivity index (χ4v) is 4.74. The van der Waals surface area contributed by atoms with Gasteiger partial charge in [-0.3, -0.25) is 15.3 Å². The standard InChI is InChI=1S/C24H24N4O6/c1-2-24(32)16-8-18-21-13(9-28(18)22(30)15(16)10-33-23(24)31)7-14-17(27-21)5-3-12(20(14)26)4-6-19(29)34-11-25/h3,5,7-8,32H,2,4,6,9-11,25-26H2,1H3/t24-/m0/s1. The van der Waals surface area contributed by atoms with E-state index in [0.717, 1.165) is 16.5 Å². The largest absolute Gasteiger partial charge is 0.458 e. The number of nitrogens with two attached hydrogens (primary N) is 2. The molecular weight excluding hydrogens is 440 g/mol. The molecular formula is C24H24N4O6. The molecule has 2 aliphatic rings. The molecule has 10 heteroatoms. The molecule has 10 nitrogen and oxygen atoms in total. The van der Waals surface area contributed by atoms with Crippen LogP contribution in [0.25, 0.3) is 22.3 Å². The molecule has 0 saturated carbocycles. The first-order valence-electron chi connectivity index (χ1n) is 11.0. The van der Waals surface area contributed by atoms with Gasteiger partial charge in [-0.2, -0.15) is 0 Å². The number of fused-ring (bicyclic) bond motifs is 5. The molecule has 0 saturated heterocycles. The highest BCUT2D eigenvalue weighted by atomic mass is 16.6. The fourth-order valence-electron chi connectivity index (χ4n) is 4.74. The number of benzene rings is 1. The quantitative estimate of drug-likeness (QED) is 0.223. The van der Waals surface area contributed by atoms with Crippen molar-refractivity contribution in [3.8, 4) is 11.4 Å². The van der Waals surface area contributed by atoms with Gasteiger partial charge in [0.25, 0.3) is 5.56 Å². The van der Waals surface area contributed by atoms with Gasteiger partial charge < -0.3 is 24.9 Å². The molecule has 0 spiro atoms. The first-order chi connectivity index (χ1) is 16.3. The van der Waals surface area contributed by atoms with Crippen molar-refractivity contribution in [3.05, 3.63) is 56.9 Å². The predicted octanol–water partition coefficient (Wildman–Crippen LogP) is 1.05. The van der Waals surface area contributed by atoms with E-state index in [1.165, 1.54) is 0 Å². The van der Waals surface area contributed by atoms with E-state index in [-0.39, 0.29) is 49.4 Å². The van der Waals surface area contributed by atoms with Crippen LogP contribution in [0.3, 0.4) is 0 Å². The minimum atomic E-state index is -1.87. The maximum atomic E-state index is 13.3. The van der Waals surface area contributed by atoms with Gasteiger partial charge in [0.2, 0.25) is 0 Å². The van der Waals surface area contributed by atoms with Gasteiger partial charge in [-0.1, -0.05) is 13.0 Å². The lowest BCUT2D eigenvalue weighted by atomic mass is 9.86. The van der Waals surface area contributed by atoms with Gasteiger partial charge in [-0.15, -0.1) is 0 Å². The van der Waals surface area contributed by atoms with Crippen molar-refractivity contribution >= 4 is 28.5 Å².